The molecule has 0 fully saturated rings. The molecule has 0 unspecified atom stereocenters. The second kappa shape index (κ2) is 9.17. The lowest BCUT2D eigenvalue weighted by Crippen LogP contribution is -2.19. The van der Waals surface area contributed by atoms with Gasteiger partial charge in [-0.05, 0) is 67.9 Å². The summed E-state index contributed by atoms with van der Waals surface area (Å²) in [6.45, 7) is 3.75. The number of hydrogen-bond acceptors (Lipinski definition) is 3. The Morgan fingerprint density at radius 1 is 0.828 bits per heavy atom. The summed E-state index contributed by atoms with van der Waals surface area (Å²) in [7, 11) is 0. The van der Waals surface area contributed by atoms with Crippen molar-refractivity contribution in [2.45, 2.75) is 13.8 Å². The molecule has 0 radical (unpaired) electrons. The summed E-state index contributed by atoms with van der Waals surface area (Å²) < 4.78 is 0. The van der Waals surface area contributed by atoms with E-state index in [1.54, 1.807) is 55.5 Å². The van der Waals surface area contributed by atoms with Gasteiger partial charge in [0.05, 0.1) is 5.71 Å². The molecule has 0 spiro atoms. The average Bonchev–Trinajstić information content (AvgIpc) is 2.73. The molecule has 0 aromatic heterocycles. The molecule has 3 aromatic rings. The summed E-state index contributed by atoms with van der Waals surface area (Å²) in [5.41, 5.74) is 6.71. The molecule has 3 aromatic carbocycles. The first kappa shape index (κ1) is 20.3. The number of nitrogens with zero attached hydrogens (tertiary/aromatic N) is 1. The summed E-state index contributed by atoms with van der Waals surface area (Å²) in [4.78, 5) is 24.6. The minimum Gasteiger partial charge on any atom is -0.322 e. The normalized spacial score (nSPS) is 11.1. The quantitative estimate of drug-likeness (QED) is 0.460. The van der Waals surface area contributed by atoms with E-state index in [0.717, 1.165) is 11.1 Å². The number of rotatable bonds is 5. The van der Waals surface area contributed by atoms with Crippen LogP contribution in [0.3, 0.4) is 0 Å². The molecule has 0 aliphatic rings. The van der Waals surface area contributed by atoms with Crippen molar-refractivity contribution in [3.05, 3.63) is 100 Å². The number of hydrazone groups is 1. The molecule has 0 aliphatic heterocycles. The SMILES string of the molecule is C/C(=N/NC(=O)c1ccc(C)cc1)c1cccc(NC(=O)c2ccc(Cl)cc2)c1. The minimum absolute atomic E-state index is 0.235. The highest BCUT2D eigenvalue weighted by Crippen LogP contribution is 2.15. The molecular weight excluding hydrogens is 386 g/mol. The van der Waals surface area contributed by atoms with E-state index in [1.165, 1.54) is 0 Å². The highest BCUT2D eigenvalue weighted by molar-refractivity contribution is 6.30. The first-order valence-electron chi connectivity index (χ1n) is 9.01. The van der Waals surface area contributed by atoms with Gasteiger partial charge in [-0.3, -0.25) is 9.59 Å². The second-order valence-electron chi connectivity index (χ2n) is 6.55. The maximum atomic E-state index is 12.4. The van der Waals surface area contributed by atoms with Gasteiger partial charge in [-0.15, -0.1) is 0 Å². The van der Waals surface area contributed by atoms with Crippen LogP contribution in [0.4, 0.5) is 5.69 Å². The fourth-order valence-corrected chi connectivity index (χ4v) is 2.72. The molecular formula is C23H20ClN3O2. The second-order valence-corrected chi connectivity index (χ2v) is 6.98. The maximum Gasteiger partial charge on any atom is 0.271 e. The molecule has 0 heterocycles. The standard InChI is InChI=1S/C23H20ClN3O2/c1-15-6-8-18(9-7-15)23(29)27-26-16(2)19-4-3-5-21(14-19)25-22(28)17-10-12-20(24)13-11-17/h3-14H,1-2H3,(H,25,28)(H,27,29)/b26-16-. The molecule has 2 amide bonds. The molecule has 2 N–H and O–H groups in total. The molecule has 0 aliphatic carbocycles. The van der Waals surface area contributed by atoms with Crippen molar-refractivity contribution >= 4 is 34.8 Å². The van der Waals surface area contributed by atoms with Crippen molar-refractivity contribution in [1.29, 1.82) is 0 Å². The maximum absolute atomic E-state index is 12.4. The zero-order valence-electron chi connectivity index (χ0n) is 16.1. The van der Waals surface area contributed by atoms with Crippen molar-refractivity contribution < 1.29 is 9.59 Å². The van der Waals surface area contributed by atoms with Gasteiger partial charge in [-0.2, -0.15) is 5.10 Å². The molecule has 6 heteroatoms. The number of anilines is 1. The predicted molar refractivity (Wildman–Crippen MR) is 117 cm³/mol. The van der Waals surface area contributed by atoms with E-state index in [0.29, 0.717) is 27.5 Å². The van der Waals surface area contributed by atoms with Crippen LogP contribution >= 0.6 is 11.6 Å². The number of carbonyl (C=O) groups excluding carboxylic acids is 2. The fraction of sp³-hybridized carbons (Fsp3) is 0.0870. The highest BCUT2D eigenvalue weighted by Gasteiger charge is 2.08. The van der Waals surface area contributed by atoms with E-state index in [2.05, 4.69) is 15.8 Å². The number of nitrogens with one attached hydrogen (secondary N) is 2. The Labute approximate surface area is 174 Å². The number of hydrogen-bond donors (Lipinski definition) is 2. The van der Waals surface area contributed by atoms with Crippen LogP contribution in [0.5, 0.6) is 0 Å². The highest BCUT2D eigenvalue weighted by atomic mass is 35.5. The first-order valence-corrected chi connectivity index (χ1v) is 9.39. The monoisotopic (exact) mass is 405 g/mol. The van der Waals surface area contributed by atoms with Crippen molar-refractivity contribution in [3.8, 4) is 0 Å². The van der Waals surface area contributed by atoms with Crippen LogP contribution in [0.15, 0.2) is 77.9 Å². The van der Waals surface area contributed by atoms with Gasteiger partial charge in [-0.1, -0.05) is 41.4 Å². The summed E-state index contributed by atoms with van der Waals surface area (Å²) in [5.74, 6) is -0.516. The van der Waals surface area contributed by atoms with Gasteiger partial charge in [0, 0.05) is 21.8 Å². The van der Waals surface area contributed by atoms with Crippen LogP contribution < -0.4 is 10.7 Å². The molecule has 0 saturated carbocycles. The van der Waals surface area contributed by atoms with Gasteiger partial charge in [0.15, 0.2) is 0 Å². The van der Waals surface area contributed by atoms with Crippen LogP contribution in [-0.2, 0) is 0 Å². The van der Waals surface area contributed by atoms with Crippen LogP contribution in [0.1, 0.15) is 38.8 Å². The van der Waals surface area contributed by atoms with E-state index in [1.807, 2.05) is 31.2 Å². The van der Waals surface area contributed by atoms with E-state index >= 15 is 0 Å². The zero-order valence-corrected chi connectivity index (χ0v) is 16.8. The molecule has 5 nitrogen and oxygen atoms in total. The Bertz CT molecular complexity index is 1060. The summed E-state index contributed by atoms with van der Waals surface area (Å²) in [6, 6.07) is 21.2. The molecule has 146 valence electrons. The van der Waals surface area contributed by atoms with Gasteiger partial charge in [-0.25, -0.2) is 5.43 Å². The number of halogens is 1. The number of aryl methyl sites for hydroxylation is 1. The molecule has 0 atom stereocenters. The van der Waals surface area contributed by atoms with Crippen LogP contribution in [0, 0.1) is 6.92 Å². The molecule has 0 saturated heterocycles. The third-order valence-electron chi connectivity index (χ3n) is 4.28. The predicted octanol–water partition coefficient (Wildman–Crippen LogP) is 5.05. The van der Waals surface area contributed by atoms with Crippen LogP contribution in [0.2, 0.25) is 5.02 Å². The Balaban J connectivity index is 1.68. The molecule has 0 bridgehead atoms. The Morgan fingerprint density at radius 2 is 1.45 bits per heavy atom. The van der Waals surface area contributed by atoms with Gasteiger partial charge in [0.1, 0.15) is 0 Å². The lowest BCUT2D eigenvalue weighted by atomic mass is 10.1. The lowest BCUT2D eigenvalue weighted by molar-refractivity contribution is 0.0954. The molecule has 29 heavy (non-hydrogen) atoms. The number of benzene rings is 3. The largest absolute Gasteiger partial charge is 0.322 e. The zero-order chi connectivity index (χ0) is 20.8. The number of amides is 2. The van der Waals surface area contributed by atoms with E-state index < -0.39 is 0 Å². The van der Waals surface area contributed by atoms with E-state index in [-0.39, 0.29) is 11.8 Å². The topological polar surface area (TPSA) is 70.6 Å². The Hall–Kier alpha value is -3.44. The van der Waals surface area contributed by atoms with Crippen molar-refractivity contribution in [1.82, 2.24) is 5.43 Å². The van der Waals surface area contributed by atoms with Crippen LogP contribution in [-0.4, -0.2) is 17.5 Å². The smallest absolute Gasteiger partial charge is 0.271 e. The summed E-state index contributed by atoms with van der Waals surface area (Å²) in [5, 5.41) is 7.59. The average molecular weight is 406 g/mol. The first-order chi connectivity index (χ1) is 13.9. The fourth-order valence-electron chi connectivity index (χ4n) is 2.60. The summed E-state index contributed by atoms with van der Waals surface area (Å²) in [6.07, 6.45) is 0. The van der Waals surface area contributed by atoms with E-state index in [9.17, 15) is 9.59 Å². The lowest BCUT2D eigenvalue weighted by Gasteiger charge is -2.08. The third-order valence-corrected chi connectivity index (χ3v) is 4.54. The Morgan fingerprint density at radius 3 is 2.14 bits per heavy atom. The van der Waals surface area contributed by atoms with Gasteiger partial charge in [0.25, 0.3) is 11.8 Å². The van der Waals surface area contributed by atoms with Crippen molar-refractivity contribution in [2.75, 3.05) is 5.32 Å². The minimum atomic E-state index is -0.281. The van der Waals surface area contributed by atoms with E-state index in [4.69, 9.17) is 11.6 Å². The summed E-state index contributed by atoms with van der Waals surface area (Å²) >= 11 is 5.86. The Kier molecular flexibility index (Phi) is 6.42. The van der Waals surface area contributed by atoms with Gasteiger partial charge in [0.2, 0.25) is 0 Å². The van der Waals surface area contributed by atoms with Gasteiger partial charge >= 0.3 is 0 Å². The number of carbonyl (C=O) groups is 2. The van der Waals surface area contributed by atoms with Crippen molar-refractivity contribution in [3.63, 3.8) is 0 Å². The third kappa shape index (κ3) is 5.53. The van der Waals surface area contributed by atoms with Crippen molar-refractivity contribution in [2.24, 2.45) is 5.10 Å². The van der Waals surface area contributed by atoms with Gasteiger partial charge < -0.3 is 5.32 Å². The molecule has 3 rings (SSSR count). The van der Waals surface area contributed by atoms with Crippen LogP contribution in [0.25, 0.3) is 0 Å².